The molecule has 0 saturated carbocycles. The molecule has 0 spiro atoms. The highest BCUT2D eigenvalue weighted by atomic mass is 16.1. The van der Waals surface area contributed by atoms with Crippen molar-refractivity contribution in [2.75, 3.05) is 40.8 Å². The van der Waals surface area contributed by atoms with E-state index < -0.39 is 0 Å². The molecule has 1 amide bonds. The number of amides is 1. The van der Waals surface area contributed by atoms with Gasteiger partial charge in [0.05, 0.1) is 0 Å². The van der Waals surface area contributed by atoms with Crippen LogP contribution >= 0.6 is 0 Å². The first-order chi connectivity index (χ1) is 13.1. The number of carbonyl (C=O) groups is 1. The molecule has 27 heavy (non-hydrogen) atoms. The Balaban J connectivity index is 1.79. The van der Waals surface area contributed by atoms with Gasteiger partial charge in [-0.3, -0.25) is 9.79 Å². The maximum absolute atomic E-state index is 12.2. The van der Waals surface area contributed by atoms with E-state index in [2.05, 4.69) is 25.5 Å². The number of aromatic nitrogens is 1. The fourth-order valence-corrected chi connectivity index (χ4v) is 2.55. The molecule has 1 aromatic carbocycles. The lowest BCUT2D eigenvalue weighted by molar-refractivity contribution is 0.0951. The first kappa shape index (κ1) is 20.5. The molecular formula is C20H30N6O. The van der Waals surface area contributed by atoms with Gasteiger partial charge in [0.2, 0.25) is 0 Å². The molecule has 0 fully saturated rings. The standard InChI is InChI=1S/C20H30N6O/c1-21-20(23-10-14-26-11-4-5-12-26)24-16-17-7-6-8-18(15-17)19(27)22-9-13-25(2)3/h4-8,11-12,15H,9-10,13-14,16H2,1-3H3,(H,22,27)(H2,21,23,24). The molecule has 0 aliphatic heterocycles. The zero-order chi connectivity index (χ0) is 19.5. The van der Waals surface area contributed by atoms with Crippen LogP contribution in [0.15, 0.2) is 53.8 Å². The molecule has 0 radical (unpaired) electrons. The van der Waals surface area contributed by atoms with Gasteiger partial charge >= 0.3 is 0 Å². The number of rotatable bonds is 9. The molecule has 0 aliphatic carbocycles. The summed E-state index contributed by atoms with van der Waals surface area (Å²) in [5, 5.41) is 9.50. The van der Waals surface area contributed by atoms with Crippen molar-refractivity contribution < 1.29 is 4.79 Å². The molecule has 0 bridgehead atoms. The van der Waals surface area contributed by atoms with Crippen molar-refractivity contribution in [3.63, 3.8) is 0 Å². The Kier molecular flexibility index (Phi) is 8.38. The maximum atomic E-state index is 12.2. The highest BCUT2D eigenvalue weighted by molar-refractivity contribution is 5.94. The predicted octanol–water partition coefficient (Wildman–Crippen LogP) is 1.14. The number of hydrogen-bond acceptors (Lipinski definition) is 3. The van der Waals surface area contributed by atoms with Crippen molar-refractivity contribution >= 4 is 11.9 Å². The van der Waals surface area contributed by atoms with Gasteiger partial charge in [0.15, 0.2) is 5.96 Å². The van der Waals surface area contributed by atoms with Crippen LogP contribution in [0.1, 0.15) is 15.9 Å². The van der Waals surface area contributed by atoms with E-state index in [0.717, 1.165) is 31.2 Å². The predicted molar refractivity (Wildman–Crippen MR) is 110 cm³/mol. The average Bonchev–Trinajstić information content (AvgIpc) is 3.18. The van der Waals surface area contributed by atoms with Gasteiger partial charge in [0, 0.05) is 57.7 Å². The number of nitrogens with one attached hydrogen (secondary N) is 3. The zero-order valence-corrected chi connectivity index (χ0v) is 16.4. The summed E-state index contributed by atoms with van der Waals surface area (Å²) in [6.45, 7) is 3.70. The van der Waals surface area contributed by atoms with Crippen LogP contribution in [-0.4, -0.2) is 62.1 Å². The monoisotopic (exact) mass is 370 g/mol. The Morgan fingerprint density at radius 2 is 1.85 bits per heavy atom. The summed E-state index contributed by atoms with van der Waals surface area (Å²) >= 11 is 0. The minimum absolute atomic E-state index is 0.0482. The summed E-state index contributed by atoms with van der Waals surface area (Å²) < 4.78 is 2.11. The van der Waals surface area contributed by atoms with Crippen molar-refractivity contribution in [2.24, 2.45) is 4.99 Å². The molecule has 0 aliphatic rings. The van der Waals surface area contributed by atoms with Crippen LogP contribution in [0.3, 0.4) is 0 Å². The number of hydrogen-bond donors (Lipinski definition) is 3. The SMILES string of the molecule is CN=C(NCCn1cccc1)NCc1cccc(C(=O)NCCN(C)C)c1. The summed E-state index contributed by atoms with van der Waals surface area (Å²) in [6, 6.07) is 11.7. The number of aliphatic imine (C=N–C) groups is 1. The maximum Gasteiger partial charge on any atom is 0.251 e. The normalized spacial score (nSPS) is 11.5. The quantitative estimate of drug-likeness (QED) is 0.457. The molecule has 7 nitrogen and oxygen atoms in total. The molecule has 0 atom stereocenters. The lowest BCUT2D eigenvalue weighted by Gasteiger charge is -2.13. The highest BCUT2D eigenvalue weighted by Crippen LogP contribution is 2.05. The Labute approximate surface area is 161 Å². The first-order valence-electron chi connectivity index (χ1n) is 9.15. The number of guanidine groups is 1. The van der Waals surface area contributed by atoms with E-state index in [4.69, 9.17) is 0 Å². The first-order valence-corrected chi connectivity index (χ1v) is 9.15. The fraction of sp³-hybridized carbons (Fsp3) is 0.400. The van der Waals surface area contributed by atoms with Gasteiger partial charge in [-0.2, -0.15) is 0 Å². The minimum Gasteiger partial charge on any atom is -0.355 e. The third kappa shape index (κ3) is 7.53. The number of nitrogens with zero attached hydrogens (tertiary/aromatic N) is 3. The van der Waals surface area contributed by atoms with Crippen molar-refractivity contribution in [1.29, 1.82) is 0 Å². The Hall–Kier alpha value is -2.80. The van der Waals surface area contributed by atoms with Crippen LogP contribution in [0.25, 0.3) is 0 Å². The summed E-state index contributed by atoms with van der Waals surface area (Å²) in [5.41, 5.74) is 1.70. The van der Waals surface area contributed by atoms with E-state index in [9.17, 15) is 4.79 Å². The molecule has 0 unspecified atom stereocenters. The van der Waals surface area contributed by atoms with Crippen molar-refractivity contribution in [2.45, 2.75) is 13.1 Å². The summed E-state index contributed by atoms with van der Waals surface area (Å²) in [4.78, 5) is 18.5. The van der Waals surface area contributed by atoms with Gasteiger partial charge in [-0.1, -0.05) is 12.1 Å². The Morgan fingerprint density at radius 3 is 2.56 bits per heavy atom. The van der Waals surface area contributed by atoms with Gasteiger partial charge in [-0.05, 0) is 43.9 Å². The fourth-order valence-electron chi connectivity index (χ4n) is 2.55. The molecular weight excluding hydrogens is 340 g/mol. The second-order valence-corrected chi connectivity index (χ2v) is 6.53. The second kappa shape index (κ2) is 11.0. The minimum atomic E-state index is -0.0482. The van der Waals surface area contributed by atoms with E-state index in [1.54, 1.807) is 7.05 Å². The second-order valence-electron chi connectivity index (χ2n) is 6.53. The molecule has 1 aromatic heterocycles. The lowest BCUT2D eigenvalue weighted by Crippen LogP contribution is -2.38. The molecule has 146 valence electrons. The van der Waals surface area contributed by atoms with E-state index in [0.29, 0.717) is 18.7 Å². The van der Waals surface area contributed by atoms with Crippen LogP contribution in [0.4, 0.5) is 0 Å². The number of benzene rings is 1. The van der Waals surface area contributed by atoms with Crippen LogP contribution in [0, 0.1) is 0 Å². The zero-order valence-electron chi connectivity index (χ0n) is 16.4. The largest absolute Gasteiger partial charge is 0.355 e. The number of likely N-dealkylation sites (N-methyl/N-ethyl adjacent to an activating group) is 1. The van der Waals surface area contributed by atoms with Crippen molar-refractivity contribution in [1.82, 2.24) is 25.4 Å². The third-order valence-corrected chi connectivity index (χ3v) is 4.05. The molecule has 3 N–H and O–H groups in total. The topological polar surface area (TPSA) is 73.7 Å². The van der Waals surface area contributed by atoms with Gasteiger partial charge in [0.1, 0.15) is 0 Å². The van der Waals surface area contributed by atoms with Crippen LogP contribution in [0.2, 0.25) is 0 Å². The van der Waals surface area contributed by atoms with Crippen molar-refractivity contribution in [3.8, 4) is 0 Å². The van der Waals surface area contributed by atoms with E-state index in [1.165, 1.54) is 0 Å². The lowest BCUT2D eigenvalue weighted by atomic mass is 10.1. The van der Waals surface area contributed by atoms with Gasteiger partial charge < -0.3 is 25.4 Å². The summed E-state index contributed by atoms with van der Waals surface area (Å²) in [7, 11) is 5.72. The Morgan fingerprint density at radius 1 is 1.07 bits per heavy atom. The number of carbonyl (C=O) groups excluding carboxylic acids is 1. The molecule has 0 saturated heterocycles. The third-order valence-electron chi connectivity index (χ3n) is 4.05. The van der Waals surface area contributed by atoms with E-state index in [1.807, 2.05) is 67.8 Å². The molecule has 1 heterocycles. The summed E-state index contributed by atoms with van der Waals surface area (Å²) in [5.74, 6) is 0.691. The van der Waals surface area contributed by atoms with Crippen LogP contribution in [-0.2, 0) is 13.1 Å². The average molecular weight is 371 g/mol. The highest BCUT2D eigenvalue weighted by Gasteiger charge is 2.06. The van der Waals surface area contributed by atoms with Crippen LogP contribution in [0.5, 0.6) is 0 Å². The van der Waals surface area contributed by atoms with E-state index >= 15 is 0 Å². The molecule has 2 rings (SSSR count). The van der Waals surface area contributed by atoms with Crippen molar-refractivity contribution in [3.05, 3.63) is 59.9 Å². The van der Waals surface area contributed by atoms with Gasteiger partial charge in [-0.15, -0.1) is 0 Å². The molecule has 7 heteroatoms. The Bertz CT molecular complexity index is 724. The smallest absolute Gasteiger partial charge is 0.251 e. The van der Waals surface area contributed by atoms with E-state index in [-0.39, 0.29) is 5.91 Å². The van der Waals surface area contributed by atoms with Gasteiger partial charge in [-0.25, -0.2) is 0 Å². The molecule has 2 aromatic rings. The van der Waals surface area contributed by atoms with Gasteiger partial charge in [0.25, 0.3) is 5.91 Å². The summed E-state index contributed by atoms with van der Waals surface area (Å²) in [6.07, 6.45) is 4.07. The van der Waals surface area contributed by atoms with Crippen LogP contribution < -0.4 is 16.0 Å².